The van der Waals surface area contributed by atoms with Crippen LogP contribution in [0.2, 0.25) is 0 Å². The number of hydrogen-bond acceptors (Lipinski definition) is 5. The van der Waals surface area contributed by atoms with Gasteiger partial charge in [-0.1, -0.05) is 67.6 Å². The number of halogens is 3. The summed E-state index contributed by atoms with van der Waals surface area (Å²) in [5.41, 5.74) is 16.5. The van der Waals surface area contributed by atoms with Crippen molar-refractivity contribution in [1.82, 2.24) is 0 Å². The van der Waals surface area contributed by atoms with Crippen molar-refractivity contribution in [2.45, 2.75) is 32.5 Å². The first-order chi connectivity index (χ1) is 24.8. The highest BCUT2D eigenvalue weighted by atomic mass is 19.4. The van der Waals surface area contributed by atoms with Crippen LogP contribution in [0.15, 0.2) is 144 Å². The molecule has 0 amide bonds. The third-order valence-electron chi connectivity index (χ3n) is 9.07. The monoisotopic (exact) mass is 685 g/mol. The second-order valence-corrected chi connectivity index (χ2v) is 12.4. The van der Waals surface area contributed by atoms with E-state index < -0.39 is 11.7 Å². The van der Waals surface area contributed by atoms with Gasteiger partial charge >= 0.3 is 6.18 Å². The highest BCUT2D eigenvalue weighted by Crippen LogP contribution is 2.35. The van der Waals surface area contributed by atoms with Crippen LogP contribution >= 0.6 is 0 Å². The minimum absolute atomic E-state index is 0.339. The van der Waals surface area contributed by atoms with Gasteiger partial charge in [-0.25, -0.2) is 21.7 Å². The van der Waals surface area contributed by atoms with Crippen LogP contribution in [0, 0.1) is 0 Å². The molecule has 7 aromatic rings. The lowest BCUT2D eigenvalue weighted by atomic mass is 10.1. The number of fused-ring (bicyclic) bond motifs is 3. The average Bonchev–Trinajstić information content (AvgIpc) is 3.16. The second kappa shape index (κ2) is 14.5. The lowest BCUT2D eigenvalue weighted by Gasteiger charge is -2.16. The van der Waals surface area contributed by atoms with Gasteiger partial charge in [-0.05, 0) is 74.0 Å². The Bertz CT molecular complexity index is 2350. The Morgan fingerprint density at radius 3 is 1.57 bits per heavy atom. The largest absolute Gasteiger partial charge is 0.416 e. The van der Waals surface area contributed by atoms with E-state index in [1.807, 2.05) is 54.0 Å². The van der Waals surface area contributed by atoms with Crippen LogP contribution in [0.25, 0.3) is 32.3 Å². The number of azo groups is 1. The van der Waals surface area contributed by atoms with Crippen molar-refractivity contribution in [2.75, 3.05) is 16.2 Å². The molecule has 256 valence electrons. The second-order valence-electron chi connectivity index (χ2n) is 12.4. The predicted octanol–water partition coefficient (Wildman–Crippen LogP) is 10.2. The molecule has 7 nitrogen and oxygen atoms in total. The van der Waals surface area contributed by atoms with E-state index in [0.717, 1.165) is 68.5 Å². The van der Waals surface area contributed by atoms with E-state index in [1.165, 1.54) is 22.9 Å². The number of anilines is 3. The molecule has 0 saturated heterocycles. The normalized spacial score (nSPS) is 12.5. The third-order valence-corrected chi connectivity index (χ3v) is 9.07. The Morgan fingerprint density at radius 1 is 0.549 bits per heavy atom. The van der Waals surface area contributed by atoms with Crippen molar-refractivity contribution in [3.63, 3.8) is 0 Å². The molecule has 0 aliphatic carbocycles. The SMILES string of the molecule is CCC(C)Nc1ccc([NH2+]Nc2ccc([NH2+]Nc3ccc(N=Nc4ccc(C(F)(F)F)cc4)c4ccccc34)c3ccccc23)c2ccccc12. The van der Waals surface area contributed by atoms with Gasteiger partial charge in [0.2, 0.25) is 0 Å². The Balaban J connectivity index is 1.10. The van der Waals surface area contributed by atoms with E-state index in [1.54, 1.807) is 0 Å². The quantitative estimate of drug-likeness (QED) is 0.0406. The van der Waals surface area contributed by atoms with Crippen molar-refractivity contribution >= 4 is 72.1 Å². The fourth-order valence-electron chi connectivity index (χ4n) is 6.15. The Hall–Kier alpha value is -5.97. The zero-order chi connectivity index (χ0) is 35.4. The van der Waals surface area contributed by atoms with Crippen molar-refractivity contribution in [3.05, 3.63) is 139 Å². The molecule has 7 rings (SSSR count). The zero-order valence-corrected chi connectivity index (χ0v) is 28.2. The molecule has 1 atom stereocenters. The molecular formula is C41H38F3N7+2. The fourth-order valence-corrected chi connectivity index (χ4v) is 6.15. The van der Waals surface area contributed by atoms with Gasteiger partial charge in [-0.3, -0.25) is 0 Å². The molecule has 51 heavy (non-hydrogen) atoms. The maximum absolute atomic E-state index is 13.0. The number of alkyl halides is 3. The highest BCUT2D eigenvalue weighted by molar-refractivity contribution is 6.02. The summed E-state index contributed by atoms with van der Waals surface area (Å²) in [7, 11) is 0. The molecule has 0 saturated carbocycles. The molecule has 7 N–H and O–H groups in total. The summed E-state index contributed by atoms with van der Waals surface area (Å²) in [4.78, 5) is 0. The van der Waals surface area contributed by atoms with Gasteiger partial charge in [0.1, 0.15) is 0 Å². The minimum atomic E-state index is -4.40. The molecule has 0 aliphatic heterocycles. The predicted molar refractivity (Wildman–Crippen MR) is 201 cm³/mol. The van der Waals surface area contributed by atoms with E-state index in [2.05, 4.69) is 106 Å². The topological polar surface area (TPSA) is 94.0 Å². The summed E-state index contributed by atoms with van der Waals surface area (Å²) in [5.74, 6) is 0. The fraction of sp³-hybridized carbons (Fsp3) is 0.122. The van der Waals surface area contributed by atoms with Crippen molar-refractivity contribution < 1.29 is 24.0 Å². The number of nitrogens with two attached hydrogens (primary N) is 2. The van der Waals surface area contributed by atoms with Gasteiger partial charge in [-0.2, -0.15) is 18.3 Å². The van der Waals surface area contributed by atoms with Gasteiger partial charge in [0, 0.05) is 56.2 Å². The van der Waals surface area contributed by atoms with Crippen molar-refractivity contribution in [2.24, 2.45) is 10.2 Å². The summed E-state index contributed by atoms with van der Waals surface area (Å²) in [6.45, 7) is 4.38. The van der Waals surface area contributed by atoms with Crippen LogP contribution in [-0.2, 0) is 6.18 Å². The van der Waals surface area contributed by atoms with Crippen LogP contribution in [0.3, 0.4) is 0 Å². The molecule has 10 heteroatoms. The Labute approximate surface area is 293 Å². The number of benzene rings is 7. The van der Waals surface area contributed by atoms with Crippen LogP contribution < -0.4 is 27.0 Å². The van der Waals surface area contributed by atoms with Crippen LogP contribution in [-0.4, -0.2) is 6.04 Å². The maximum atomic E-state index is 13.0. The highest BCUT2D eigenvalue weighted by Gasteiger charge is 2.30. The zero-order valence-electron chi connectivity index (χ0n) is 28.2. The van der Waals surface area contributed by atoms with Gasteiger partial charge < -0.3 is 5.32 Å². The first-order valence-corrected chi connectivity index (χ1v) is 16.9. The molecule has 0 spiro atoms. The first kappa shape index (κ1) is 33.5. The Kier molecular flexibility index (Phi) is 9.52. The van der Waals surface area contributed by atoms with Gasteiger partial charge in [0.15, 0.2) is 11.4 Å². The lowest BCUT2D eigenvalue weighted by Crippen LogP contribution is -2.83. The van der Waals surface area contributed by atoms with E-state index >= 15 is 0 Å². The molecule has 0 heterocycles. The summed E-state index contributed by atoms with van der Waals surface area (Å²) >= 11 is 0. The lowest BCUT2D eigenvalue weighted by molar-refractivity contribution is -0.537. The minimum Gasteiger partial charge on any atom is -0.382 e. The van der Waals surface area contributed by atoms with E-state index in [-0.39, 0.29) is 0 Å². The van der Waals surface area contributed by atoms with Gasteiger partial charge in [0.05, 0.1) is 28.3 Å². The van der Waals surface area contributed by atoms with Crippen LogP contribution in [0.5, 0.6) is 0 Å². The van der Waals surface area contributed by atoms with Gasteiger partial charge in [0.25, 0.3) is 0 Å². The van der Waals surface area contributed by atoms with E-state index in [9.17, 15) is 13.2 Å². The maximum Gasteiger partial charge on any atom is 0.416 e. The average molecular weight is 686 g/mol. The summed E-state index contributed by atoms with van der Waals surface area (Å²) in [6.07, 6.45) is -3.35. The number of quaternary nitrogens is 2. The molecule has 1 unspecified atom stereocenters. The summed E-state index contributed by atoms with van der Waals surface area (Å²) in [6, 6.07) is 41.9. The molecule has 0 aliphatic rings. The third kappa shape index (κ3) is 7.33. The standard InChI is InChI=1S/C41H36F3N7/c1-3-26(2)45-35-20-21-37(30-11-5-4-10-29(30)35)48-49-39-24-25-40(34-15-9-8-14-33(34)39)51-50-38-23-22-36(31-12-6-7-13-32(31)38)47-46-28-18-16-27(17-19-28)41(42,43)44/h4-26,45,48-51H,3H2,1-2H3/p+2. The first-order valence-electron chi connectivity index (χ1n) is 16.9. The number of nitrogen functional groups attached to an aromatic ring is 2. The van der Waals surface area contributed by atoms with E-state index in [0.29, 0.717) is 17.4 Å². The number of nitrogens with zero attached hydrogens (tertiary/aromatic N) is 2. The number of rotatable bonds is 11. The van der Waals surface area contributed by atoms with Crippen LogP contribution in [0.4, 0.5) is 53.0 Å². The van der Waals surface area contributed by atoms with Gasteiger partial charge in [-0.15, -0.1) is 5.11 Å². The Morgan fingerprint density at radius 2 is 1.02 bits per heavy atom. The molecule has 0 bridgehead atoms. The smallest absolute Gasteiger partial charge is 0.382 e. The molecule has 0 radical (unpaired) electrons. The van der Waals surface area contributed by atoms with E-state index in [4.69, 9.17) is 0 Å². The molecular weight excluding hydrogens is 647 g/mol. The van der Waals surface area contributed by atoms with Crippen molar-refractivity contribution in [3.8, 4) is 0 Å². The number of nitrogens with one attached hydrogen (secondary N) is 3. The molecule has 0 fully saturated rings. The summed E-state index contributed by atoms with van der Waals surface area (Å²) < 4.78 is 38.9. The van der Waals surface area contributed by atoms with Crippen LogP contribution in [0.1, 0.15) is 25.8 Å². The summed E-state index contributed by atoms with van der Waals surface area (Å²) in [5, 5.41) is 18.6. The number of hydrogen-bond donors (Lipinski definition) is 5. The molecule has 7 aromatic carbocycles. The molecule has 0 aromatic heterocycles. The van der Waals surface area contributed by atoms with Crippen molar-refractivity contribution in [1.29, 1.82) is 0 Å².